The van der Waals surface area contributed by atoms with Gasteiger partial charge in [-0.15, -0.1) is 0 Å². The van der Waals surface area contributed by atoms with Crippen molar-refractivity contribution in [2.24, 2.45) is 0 Å². The average molecular weight is 444 g/mol. The number of carbonyl (C=O) groups is 1. The molecule has 33 heavy (non-hydrogen) atoms. The third-order valence-electron chi connectivity index (χ3n) is 4.75. The Kier molecular flexibility index (Phi) is 6.00. The lowest BCUT2D eigenvalue weighted by Gasteiger charge is -2.12. The van der Waals surface area contributed by atoms with Crippen LogP contribution in [0.5, 0.6) is 11.6 Å². The summed E-state index contributed by atoms with van der Waals surface area (Å²) >= 11 is 0. The number of furan rings is 1. The molecule has 0 fully saturated rings. The Morgan fingerprint density at radius 1 is 1.27 bits per heavy atom. The highest BCUT2D eigenvalue weighted by Crippen LogP contribution is 2.26. The van der Waals surface area contributed by atoms with Gasteiger partial charge >= 0.3 is 0 Å². The first-order valence-electron chi connectivity index (χ1n) is 9.84. The smallest absolute Gasteiger partial charge is 0.269 e. The molecule has 9 heteroatoms. The van der Waals surface area contributed by atoms with Gasteiger partial charge in [-0.2, -0.15) is 10.2 Å². The van der Waals surface area contributed by atoms with Gasteiger partial charge in [0, 0.05) is 6.20 Å². The van der Waals surface area contributed by atoms with Crippen LogP contribution >= 0.6 is 0 Å². The Hall–Kier alpha value is -4.71. The van der Waals surface area contributed by atoms with E-state index in [0.29, 0.717) is 17.0 Å². The molecule has 0 saturated carbocycles. The molecule has 0 saturated heterocycles. The van der Waals surface area contributed by atoms with Crippen LogP contribution in [0.3, 0.4) is 0 Å². The van der Waals surface area contributed by atoms with Crippen LogP contribution in [-0.2, 0) is 11.3 Å². The summed E-state index contributed by atoms with van der Waals surface area (Å²) in [6.45, 7) is 1.81. The highest BCUT2D eigenvalue weighted by molar-refractivity contribution is 6.01. The fourth-order valence-electron chi connectivity index (χ4n) is 3.09. The molecule has 0 aliphatic heterocycles. The number of nitrogens with zero attached hydrogens (tertiary/aromatic N) is 3. The minimum atomic E-state index is -0.723. The number of aromatic nitrogens is 2. The number of carbonyl (C=O) groups excluding carboxylic acids is 1. The zero-order chi connectivity index (χ0) is 23.4. The molecular weight excluding hydrogens is 427 g/mol. The van der Waals surface area contributed by atoms with Gasteiger partial charge in [0.05, 0.1) is 12.8 Å². The summed E-state index contributed by atoms with van der Waals surface area (Å²) < 4.78 is 26.3. The fraction of sp³-hybridized carbons (Fsp3) is 0.0833. The zero-order valence-corrected chi connectivity index (χ0v) is 17.4. The van der Waals surface area contributed by atoms with Gasteiger partial charge in [-0.25, -0.2) is 4.39 Å². The lowest BCUT2D eigenvalue weighted by molar-refractivity contribution is -0.117. The summed E-state index contributed by atoms with van der Waals surface area (Å²) in [5.41, 5.74) is -0.133. The Balaban J connectivity index is 1.81. The van der Waals surface area contributed by atoms with E-state index in [4.69, 9.17) is 9.15 Å². The van der Waals surface area contributed by atoms with E-state index in [1.165, 1.54) is 35.1 Å². The molecule has 0 bridgehead atoms. The first-order chi connectivity index (χ1) is 16.0. The summed E-state index contributed by atoms with van der Waals surface area (Å²) in [6.07, 6.45) is 4.04. The Labute approximate surface area is 187 Å². The van der Waals surface area contributed by atoms with Crippen LogP contribution in [-0.4, -0.2) is 15.3 Å². The molecule has 1 aromatic carbocycles. The largest absolute Gasteiger partial charge is 0.467 e. The van der Waals surface area contributed by atoms with Crippen LogP contribution in [0.25, 0.3) is 11.7 Å². The summed E-state index contributed by atoms with van der Waals surface area (Å²) in [6, 6.07) is 14.2. The van der Waals surface area contributed by atoms with Crippen LogP contribution in [0.2, 0.25) is 0 Å². The maximum atomic E-state index is 14.2. The van der Waals surface area contributed by atoms with Crippen molar-refractivity contribution in [1.82, 2.24) is 14.7 Å². The third kappa shape index (κ3) is 4.50. The van der Waals surface area contributed by atoms with Crippen LogP contribution < -0.4 is 15.6 Å². The molecule has 1 N–H and O–H groups in total. The molecule has 0 aliphatic carbocycles. The van der Waals surface area contributed by atoms with E-state index in [9.17, 15) is 19.2 Å². The number of nitriles is 1. The maximum Gasteiger partial charge on any atom is 0.269 e. The second kappa shape index (κ2) is 9.20. The molecule has 1 amide bonds. The van der Waals surface area contributed by atoms with Gasteiger partial charge in [0.2, 0.25) is 5.88 Å². The Morgan fingerprint density at radius 3 is 2.82 bits per heavy atom. The minimum absolute atomic E-state index is 0.0532. The van der Waals surface area contributed by atoms with Crippen molar-refractivity contribution in [2.75, 3.05) is 0 Å². The normalized spacial score (nSPS) is 11.2. The van der Waals surface area contributed by atoms with E-state index >= 15 is 0 Å². The van der Waals surface area contributed by atoms with Gasteiger partial charge in [-0.3, -0.25) is 14.0 Å². The number of nitrogens with one attached hydrogen (secondary N) is 1. The molecule has 3 heterocycles. The minimum Gasteiger partial charge on any atom is -0.467 e. The summed E-state index contributed by atoms with van der Waals surface area (Å²) in [5.74, 6) is -1.27. The number of pyridine rings is 1. The Bertz CT molecular complexity index is 1470. The molecule has 8 nitrogen and oxygen atoms in total. The predicted octanol–water partition coefficient (Wildman–Crippen LogP) is 3.75. The van der Waals surface area contributed by atoms with E-state index in [-0.39, 0.29) is 29.3 Å². The number of ether oxygens (including phenoxy) is 1. The topological polar surface area (TPSA) is 110 Å². The molecule has 4 aromatic rings. The molecule has 0 aliphatic rings. The standard InChI is InChI=1S/C24H17FN4O4/c1-15-6-4-10-29-21(15)28-23(33-20-9-3-2-8-19(20)25)18(24(29)31)12-16(13-26)22(30)27-14-17-7-5-11-32-17/h2-12H,14H2,1H3,(H,27,30)/b16-12+. The van der Waals surface area contributed by atoms with Crippen LogP contribution in [0.15, 0.2) is 75.8 Å². The van der Waals surface area contributed by atoms with Gasteiger partial charge in [0.25, 0.3) is 11.5 Å². The second-order valence-electron chi connectivity index (χ2n) is 6.98. The van der Waals surface area contributed by atoms with Crippen molar-refractivity contribution in [3.63, 3.8) is 0 Å². The van der Waals surface area contributed by atoms with Crippen molar-refractivity contribution in [3.8, 4) is 17.7 Å². The van der Waals surface area contributed by atoms with Crippen molar-refractivity contribution in [3.05, 3.63) is 99.6 Å². The number of benzene rings is 1. The number of rotatable bonds is 6. The summed E-state index contributed by atoms with van der Waals surface area (Å²) in [7, 11) is 0. The molecular formula is C24H17FN4O4. The second-order valence-corrected chi connectivity index (χ2v) is 6.98. The van der Waals surface area contributed by atoms with Crippen molar-refractivity contribution >= 4 is 17.6 Å². The number of hydrogen-bond donors (Lipinski definition) is 1. The molecule has 4 rings (SSSR count). The van der Waals surface area contributed by atoms with Gasteiger partial charge in [0.15, 0.2) is 11.6 Å². The van der Waals surface area contributed by atoms with E-state index in [0.717, 1.165) is 6.08 Å². The fourth-order valence-corrected chi connectivity index (χ4v) is 3.09. The summed E-state index contributed by atoms with van der Waals surface area (Å²) in [4.78, 5) is 30.2. The monoisotopic (exact) mass is 444 g/mol. The Morgan fingerprint density at radius 2 is 2.09 bits per heavy atom. The lowest BCUT2D eigenvalue weighted by Crippen LogP contribution is -2.25. The molecule has 0 radical (unpaired) electrons. The van der Waals surface area contributed by atoms with Gasteiger partial charge < -0.3 is 14.5 Å². The number of amides is 1. The molecule has 0 atom stereocenters. The average Bonchev–Trinajstić information content (AvgIpc) is 3.33. The van der Waals surface area contributed by atoms with Crippen LogP contribution in [0, 0.1) is 24.1 Å². The molecule has 0 spiro atoms. The molecule has 3 aromatic heterocycles. The number of aryl methyl sites for hydroxylation is 1. The molecule has 164 valence electrons. The van der Waals surface area contributed by atoms with E-state index < -0.39 is 17.3 Å². The van der Waals surface area contributed by atoms with E-state index in [2.05, 4.69) is 10.3 Å². The first-order valence-corrected chi connectivity index (χ1v) is 9.84. The van der Waals surface area contributed by atoms with Crippen molar-refractivity contribution in [1.29, 1.82) is 5.26 Å². The number of para-hydroxylation sites is 1. The van der Waals surface area contributed by atoms with Gasteiger partial charge in [0.1, 0.15) is 28.6 Å². The SMILES string of the molecule is Cc1cccn2c(=O)c(/C=C(\C#N)C(=O)NCc3ccco3)c(Oc3ccccc3F)nc12. The highest BCUT2D eigenvalue weighted by Gasteiger charge is 2.19. The van der Waals surface area contributed by atoms with Gasteiger partial charge in [-0.1, -0.05) is 18.2 Å². The van der Waals surface area contributed by atoms with Crippen LogP contribution in [0.4, 0.5) is 4.39 Å². The van der Waals surface area contributed by atoms with Crippen molar-refractivity contribution < 1.29 is 18.3 Å². The predicted molar refractivity (Wildman–Crippen MR) is 117 cm³/mol. The summed E-state index contributed by atoms with van der Waals surface area (Å²) in [5, 5.41) is 12.1. The third-order valence-corrected chi connectivity index (χ3v) is 4.75. The number of fused-ring (bicyclic) bond motifs is 1. The van der Waals surface area contributed by atoms with E-state index in [1.807, 2.05) is 0 Å². The first kappa shape index (κ1) is 21.5. The van der Waals surface area contributed by atoms with Crippen LogP contribution in [0.1, 0.15) is 16.9 Å². The number of hydrogen-bond acceptors (Lipinski definition) is 6. The molecule has 0 unspecified atom stereocenters. The highest BCUT2D eigenvalue weighted by atomic mass is 19.1. The number of halogens is 1. The van der Waals surface area contributed by atoms with Crippen molar-refractivity contribution in [2.45, 2.75) is 13.5 Å². The quantitative estimate of drug-likeness (QED) is 0.358. The lowest BCUT2D eigenvalue weighted by atomic mass is 10.1. The zero-order valence-electron chi connectivity index (χ0n) is 17.4. The van der Waals surface area contributed by atoms with E-state index in [1.54, 1.807) is 43.3 Å². The van der Waals surface area contributed by atoms with Gasteiger partial charge in [-0.05, 0) is 48.9 Å². The maximum absolute atomic E-state index is 14.2.